The number of ether oxygens (including phenoxy) is 1. The van der Waals surface area contributed by atoms with Crippen LogP contribution in [-0.4, -0.2) is 13.0 Å². The summed E-state index contributed by atoms with van der Waals surface area (Å²) < 4.78 is 18.2. The first-order chi connectivity index (χ1) is 9.20. The van der Waals surface area contributed by atoms with Gasteiger partial charge in [-0.1, -0.05) is 30.3 Å². The second-order valence-electron chi connectivity index (χ2n) is 4.01. The zero-order chi connectivity index (χ0) is 13.7. The highest BCUT2D eigenvalue weighted by Gasteiger charge is 2.12. The summed E-state index contributed by atoms with van der Waals surface area (Å²) in [5.41, 5.74) is 1.17. The van der Waals surface area contributed by atoms with Crippen LogP contribution in [0.5, 0.6) is 5.75 Å². The molecular formula is C15H14FNO2. The van der Waals surface area contributed by atoms with Gasteiger partial charge >= 0.3 is 0 Å². The van der Waals surface area contributed by atoms with Gasteiger partial charge in [-0.3, -0.25) is 4.79 Å². The molecule has 1 N–H and O–H groups in total. The lowest BCUT2D eigenvalue weighted by Gasteiger charge is -2.09. The molecule has 0 spiro atoms. The van der Waals surface area contributed by atoms with Crippen LogP contribution in [0.3, 0.4) is 0 Å². The van der Waals surface area contributed by atoms with Crippen LogP contribution >= 0.6 is 0 Å². The number of amides is 1. The van der Waals surface area contributed by atoms with Crippen LogP contribution in [0, 0.1) is 5.82 Å². The summed E-state index contributed by atoms with van der Waals surface area (Å²) in [6.07, 6.45) is 0. The average molecular weight is 259 g/mol. The third kappa shape index (κ3) is 3.31. The largest absolute Gasteiger partial charge is 0.496 e. The molecule has 0 radical (unpaired) electrons. The topological polar surface area (TPSA) is 38.3 Å². The second-order valence-corrected chi connectivity index (χ2v) is 4.01. The monoisotopic (exact) mass is 259 g/mol. The minimum absolute atomic E-state index is 0.193. The lowest BCUT2D eigenvalue weighted by molar-refractivity contribution is 0.0947. The molecule has 98 valence electrons. The molecule has 0 aromatic heterocycles. The molecule has 2 aromatic carbocycles. The Morgan fingerprint density at radius 3 is 2.63 bits per heavy atom. The number of carbonyl (C=O) groups excluding carboxylic acids is 1. The molecule has 0 atom stereocenters. The summed E-state index contributed by atoms with van der Waals surface area (Å²) >= 11 is 0. The molecular weight excluding hydrogens is 245 g/mol. The molecule has 0 aliphatic heterocycles. The van der Waals surface area contributed by atoms with Gasteiger partial charge in [-0.2, -0.15) is 0 Å². The Morgan fingerprint density at radius 2 is 1.95 bits per heavy atom. The third-order valence-electron chi connectivity index (χ3n) is 2.70. The molecule has 0 unspecified atom stereocenters. The molecule has 4 heteroatoms. The van der Waals surface area contributed by atoms with E-state index in [9.17, 15) is 9.18 Å². The van der Waals surface area contributed by atoms with E-state index in [1.807, 2.05) is 30.3 Å². The van der Waals surface area contributed by atoms with Crippen LogP contribution in [0.25, 0.3) is 0 Å². The molecule has 0 heterocycles. The van der Waals surface area contributed by atoms with Crippen molar-refractivity contribution in [3.63, 3.8) is 0 Å². The van der Waals surface area contributed by atoms with Crippen molar-refractivity contribution in [1.29, 1.82) is 0 Å². The lowest BCUT2D eigenvalue weighted by Crippen LogP contribution is -2.23. The summed E-state index contributed by atoms with van der Waals surface area (Å²) in [5, 5.41) is 2.73. The van der Waals surface area contributed by atoms with Crippen LogP contribution in [0.4, 0.5) is 4.39 Å². The SMILES string of the molecule is COc1ccc(F)cc1C(=O)NCc1ccccc1. The van der Waals surface area contributed by atoms with Crippen LogP contribution in [0.1, 0.15) is 15.9 Å². The highest BCUT2D eigenvalue weighted by Crippen LogP contribution is 2.19. The summed E-state index contributed by atoms with van der Waals surface area (Å²) in [4.78, 5) is 12.0. The molecule has 0 saturated heterocycles. The standard InChI is InChI=1S/C15H14FNO2/c1-19-14-8-7-12(16)9-13(14)15(18)17-10-11-5-3-2-4-6-11/h2-9H,10H2,1H3,(H,17,18). The number of hydrogen-bond donors (Lipinski definition) is 1. The van der Waals surface area contributed by atoms with E-state index in [-0.39, 0.29) is 11.5 Å². The number of nitrogens with one attached hydrogen (secondary N) is 1. The van der Waals surface area contributed by atoms with Gasteiger partial charge in [0.25, 0.3) is 5.91 Å². The smallest absolute Gasteiger partial charge is 0.255 e. The van der Waals surface area contributed by atoms with E-state index in [0.717, 1.165) is 5.56 Å². The van der Waals surface area contributed by atoms with E-state index in [1.54, 1.807) is 0 Å². The van der Waals surface area contributed by atoms with Gasteiger partial charge in [0.05, 0.1) is 12.7 Å². The predicted molar refractivity (Wildman–Crippen MR) is 70.6 cm³/mol. The molecule has 0 fully saturated rings. The second kappa shape index (κ2) is 6.00. The van der Waals surface area contributed by atoms with Crippen LogP contribution < -0.4 is 10.1 Å². The Hall–Kier alpha value is -2.36. The number of rotatable bonds is 4. The Labute approximate surface area is 111 Å². The Bertz CT molecular complexity index is 570. The van der Waals surface area contributed by atoms with Crippen molar-refractivity contribution < 1.29 is 13.9 Å². The minimum Gasteiger partial charge on any atom is -0.496 e. The first kappa shape index (κ1) is 13.1. The summed E-state index contributed by atoms with van der Waals surface area (Å²) in [6.45, 7) is 0.388. The van der Waals surface area contributed by atoms with Gasteiger partial charge < -0.3 is 10.1 Å². The number of benzene rings is 2. The van der Waals surface area contributed by atoms with E-state index in [2.05, 4.69) is 5.32 Å². The maximum Gasteiger partial charge on any atom is 0.255 e. The first-order valence-electron chi connectivity index (χ1n) is 5.86. The maximum atomic E-state index is 13.2. The molecule has 1 amide bonds. The van der Waals surface area contributed by atoms with E-state index in [4.69, 9.17) is 4.74 Å². The van der Waals surface area contributed by atoms with Gasteiger partial charge in [-0.25, -0.2) is 4.39 Å². The molecule has 19 heavy (non-hydrogen) atoms. The Morgan fingerprint density at radius 1 is 1.21 bits per heavy atom. The van der Waals surface area contributed by atoms with E-state index < -0.39 is 5.82 Å². The molecule has 0 bridgehead atoms. The molecule has 0 aliphatic rings. The van der Waals surface area contributed by atoms with Gasteiger partial charge in [0.2, 0.25) is 0 Å². The predicted octanol–water partition coefficient (Wildman–Crippen LogP) is 2.76. The van der Waals surface area contributed by atoms with E-state index in [1.165, 1.54) is 25.3 Å². The number of hydrogen-bond acceptors (Lipinski definition) is 2. The number of methoxy groups -OCH3 is 1. The zero-order valence-electron chi connectivity index (χ0n) is 10.5. The highest BCUT2D eigenvalue weighted by molar-refractivity contribution is 5.96. The summed E-state index contributed by atoms with van der Waals surface area (Å²) in [7, 11) is 1.45. The van der Waals surface area contributed by atoms with E-state index >= 15 is 0 Å². The van der Waals surface area contributed by atoms with Crippen molar-refractivity contribution in [3.8, 4) is 5.75 Å². The normalized spacial score (nSPS) is 10.0. The maximum absolute atomic E-state index is 13.2. The van der Waals surface area contributed by atoms with E-state index in [0.29, 0.717) is 12.3 Å². The fourth-order valence-corrected chi connectivity index (χ4v) is 1.73. The quantitative estimate of drug-likeness (QED) is 0.916. The van der Waals surface area contributed by atoms with Gasteiger partial charge in [0.15, 0.2) is 0 Å². The van der Waals surface area contributed by atoms with Crippen LogP contribution in [0.15, 0.2) is 48.5 Å². The fraction of sp³-hybridized carbons (Fsp3) is 0.133. The number of halogens is 1. The third-order valence-corrected chi connectivity index (χ3v) is 2.70. The van der Waals surface area contributed by atoms with Gasteiger partial charge in [0, 0.05) is 6.54 Å². The Kier molecular flexibility index (Phi) is 4.13. The van der Waals surface area contributed by atoms with Crippen molar-refractivity contribution in [2.24, 2.45) is 0 Å². The van der Waals surface area contributed by atoms with Gasteiger partial charge in [-0.05, 0) is 23.8 Å². The van der Waals surface area contributed by atoms with Crippen LogP contribution in [0.2, 0.25) is 0 Å². The summed E-state index contributed by atoms with van der Waals surface area (Å²) in [6, 6.07) is 13.4. The molecule has 3 nitrogen and oxygen atoms in total. The van der Waals surface area contributed by atoms with Crippen molar-refractivity contribution in [2.75, 3.05) is 7.11 Å². The number of carbonyl (C=O) groups is 1. The van der Waals surface area contributed by atoms with Gasteiger partial charge in [0.1, 0.15) is 11.6 Å². The molecule has 0 saturated carbocycles. The molecule has 2 rings (SSSR count). The first-order valence-corrected chi connectivity index (χ1v) is 5.86. The summed E-state index contributed by atoms with van der Waals surface area (Å²) in [5.74, 6) is -0.474. The van der Waals surface area contributed by atoms with Crippen LogP contribution in [-0.2, 0) is 6.54 Å². The van der Waals surface area contributed by atoms with Crippen molar-refractivity contribution in [2.45, 2.75) is 6.54 Å². The Balaban J connectivity index is 2.10. The minimum atomic E-state index is -0.467. The zero-order valence-corrected chi connectivity index (χ0v) is 10.5. The van der Waals surface area contributed by atoms with Crippen molar-refractivity contribution in [1.82, 2.24) is 5.32 Å². The lowest BCUT2D eigenvalue weighted by atomic mass is 10.1. The van der Waals surface area contributed by atoms with Crippen molar-refractivity contribution in [3.05, 3.63) is 65.5 Å². The van der Waals surface area contributed by atoms with Crippen molar-refractivity contribution >= 4 is 5.91 Å². The van der Waals surface area contributed by atoms with Gasteiger partial charge in [-0.15, -0.1) is 0 Å². The average Bonchev–Trinajstić information content (AvgIpc) is 2.46. The fourth-order valence-electron chi connectivity index (χ4n) is 1.73. The molecule has 2 aromatic rings. The highest BCUT2D eigenvalue weighted by atomic mass is 19.1. The molecule has 0 aliphatic carbocycles.